The van der Waals surface area contributed by atoms with E-state index < -0.39 is 0 Å². The Labute approximate surface area is 164 Å². The van der Waals surface area contributed by atoms with Crippen LogP contribution in [0.2, 0.25) is 0 Å². The van der Waals surface area contributed by atoms with E-state index in [1.807, 2.05) is 0 Å². The van der Waals surface area contributed by atoms with Crippen molar-refractivity contribution >= 4 is 29.9 Å². The number of halogens is 1. The minimum absolute atomic E-state index is 0. The Bertz CT molecular complexity index is 396. The number of guanidine groups is 1. The second-order valence-electron chi connectivity index (χ2n) is 7.30. The van der Waals surface area contributed by atoms with E-state index in [0.717, 1.165) is 58.1 Å². The molecule has 3 fully saturated rings. The molecule has 1 spiro atoms. The van der Waals surface area contributed by atoms with Gasteiger partial charge in [0.25, 0.3) is 0 Å². The summed E-state index contributed by atoms with van der Waals surface area (Å²) in [6.07, 6.45) is 9.10. The van der Waals surface area contributed by atoms with Gasteiger partial charge in [0.15, 0.2) is 5.96 Å². The first-order valence-corrected chi connectivity index (χ1v) is 9.54. The van der Waals surface area contributed by atoms with Crippen LogP contribution in [0.15, 0.2) is 4.99 Å². The van der Waals surface area contributed by atoms with Crippen molar-refractivity contribution in [3.05, 3.63) is 0 Å². The molecule has 3 aliphatic rings. The van der Waals surface area contributed by atoms with E-state index in [0.29, 0.717) is 11.5 Å². The predicted molar refractivity (Wildman–Crippen MR) is 108 cm³/mol. The number of hydrogen-bond acceptors (Lipinski definition) is 3. The smallest absolute Gasteiger partial charge is 0.193 e. The molecule has 0 aromatic rings. The van der Waals surface area contributed by atoms with Gasteiger partial charge in [-0.1, -0.05) is 6.42 Å². The SMILES string of the molecule is CCNC(=NCCCOC1CCOCC1)N1CCC2(CCC2)C1.I. The third-order valence-corrected chi connectivity index (χ3v) is 5.57. The Balaban J connectivity index is 0.00000208. The lowest BCUT2D eigenvalue weighted by Crippen LogP contribution is -2.42. The molecule has 0 atom stereocenters. The standard InChI is InChI=1S/C18H33N3O2.HI/c1-2-19-17(21-11-9-18(15-21)7-3-8-18)20-10-4-12-23-16-5-13-22-14-6-16;/h16H,2-15H2,1H3,(H,19,20);1H. The van der Waals surface area contributed by atoms with Gasteiger partial charge in [0.1, 0.15) is 0 Å². The molecule has 2 aliphatic heterocycles. The first kappa shape index (κ1) is 20.2. The fourth-order valence-electron chi connectivity index (χ4n) is 3.97. The van der Waals surface area contributed by atoms with Gasteiger partial charge in [-0.2, -0.15) is 0 Å². The van der Waals surface area contributed by atoms with Gasteiger partial charge in [0, 0.05) is 46.0 Å². The maximum absolute atomic E-state index is 5.93. The summed E-state index contributed by atoms with van der Waals surface area (Å²) in [7, 11) is 0. The van der Waals surface area contributed by atoms with Gasteiger partial charge in [0.2, 0.25) is 0 Å². The van der Waals surface area contributed by atoms with Gasteiger partial charge in [-0.05, 0) is 50.9 Å². The minimum atomic E-state index is 0. The van der Waals surface area contributed by atoms with Gasteiger partial charge in [-0.15, -0.1) is 24.0 Å². The molecule has 3 rings (SSSR count). The second-order valence-corrected chi connectivity index (χ2v) is 7.30. The summed E-state index contributed by atoms with van der Waals surface area (Å²) in [6.45, 7) is 8.85. The number of ether oxygens (including phenoxy) is 2. The summed E-state index contributed by atoms with van der Waals surface area (Å²) in [4.78, 5) is 7.30. The maximum atomic E-state index is 5.93. The van der Waals surface area contributed by atoms with Crippen LogP contribution >= 0.6 is 24.0 Å². The van der Waals surface area contributed by atoms with E-state index in [2.05, 4.69) is 17.1 Å². The summed E-state index contributed by atoms with van der Waals surface area (Å²) >= 11 is 0. The molecule has 5 nitrogen and oxygen atoms in total. The lowest BCUT2D eigenvalue weighted by Gasteiger charge is -2.38. The molecule has 0 unspecified atom stereocenters. The Kier molecular flexibility index (Phi) is 8.57. The van der Waals surface area contributed by atoms with E-state index in [1.165, 1.54) is 38.8 Å². The molecule has 1 saturated carbocycles. The van der Waals surface area contributed by atoms with Crippen LogP contribution in [0.4, 0.5) is 0 Å². The van der Waals surface area contributed by atoms with E-state index >= 15 is 0 Å². The first-order chi connectivity index (χ1) is 11.3. The average Bonchev–Trinajstić information content (AvgIpc) is 3.00. The van der Waals surface area contributed by atoms with Gasteiger partial charge in [-0.25, -0.2) is 0 Å². The number of likely N-dealkylation sites (tertiary alicyclic amines) is 1. The summed E-state index contributed by atoms with van der Waals surface area (Å²) in [6, 6.07) is 0. The molecule has 1 N–H and O–H groups in total. The zero-order valence-corrected chi connectivity index (χ0v) is 17.4. The maximum Gasteiger partial charge on any atom is 0.193 e. The third-order valence-electron chi connectivity index (χ3n) is 5.57. The van der Waals surface area contributed by atoms with Crippen molar-refractivity contribution < 1.29 is 9.47 Å². The van der Waals surface area contributed by atoms with Crippen molar-refractivity contribution in [2.45, 2.75) is 58.0 Å². The Hall–Kier alpha value is -0.0800. The number of nitrogens with zero attached hydrogens (tertiary/aromatic N) is 2. The Morgan fingerprint density at radius 1 is 1.29 bits per heavy atom. The molecule has 0 bridgehead atoms. The van der Waals surface area contributed by atoms with Crippen molar-refractivity contribution in [1.82, 2.24) is 10.2 Å². The van der Waals surface area contributed by atoms with E-state index in [-0.39, 0.29) is 24.0 Å². The summed E-state index contributed by atoms with van der Waals surface area (Å²) in [5.74, 6) is 1.11. The van der Waals surface area contributed by atoms with E-state index in [4.69, 9.17) is 14.5 Å². The summed E-state index contributed by atoms with van der Waals surface area (Å²) in [5, 5.41) is 3.47. The molecular weight excluding hydrogens is 417 g/mol. The van der Waals surface area contributed by atoms with Crippen LogP contribution in [0.5, 0.6) is 0 Å². The fourth-order valence-corrected chi connectivity index (χ4v) is 3.97. The van der Waals surface area contributed by atoms with Gasteiger partial charge in [-0.3, -0.25) is 4.99 Å². The minimum Gasteiger partial charge on any atom is -0.381 e. The molecule has 24 heavy (non-hydrogen) atoms. The fraction of sp³-hybridized carbons (Fsp3) is 0.944. The first-order valence-electron chi connectivity index (χ1n) is 9.54. The van der Waals surface area contributed by atoms with Gasteiger partial charge < -0.3 is 19.7 Å². The largest absolute Gasteiger partial charge is 0.381 e. The van der Waals surface area contributed by atoms with Crippen LogP contribution < -0.4 is 5.32 Å². The monoisotopic (exact) mass is 451 g/mol. The molecular formula is C18H34IN3O2. The van der Waals surface area contributed by atoms with E-state index in [9.17, 15) is 0 Å². The molecule has 140 valence electrons. The lowest BCUT2D eigenvalue weighted by molar-refractivity contribution is -0.0318. The second kappa shape index (κ2) is 10.2. The van der Waals surface area contributed by atoms with Crippen LogP contribution in [-0.4, -0.2) is 63.0 Å². The molecule has 6 heteroatoms. The summed E-state index contributed by atoms with van der Waals surface area (Å²) in [5.41, 5.74) is 0.627. The molecule has 0 amide bonds. The highest BCUT2D eigenvalue weighted by Gasteiger charge is 2.43. The van der Waals surface area contributed by atoms with Crippen molar-refractivity contribution in [2.75, 3.05) is 46.0 Å². The highest BCUT2D eigenvalue weighted by atomic mass is 127. The van der Waals surface area contributed by atoms with E-state index in [1.54, 1.807) is 0 Å². The van der Waals surface area contributed by atoms with Crippen LogP contribution in [0.25, 0.3) is 0 Å². The molecule has 0 radical (unpaired) electrons. The third kappa shape index (κ3) is 5.46. The average molecular weight is 451 g/mol. The highest BCUT2D eigenvalue weighted by molar-refractivity contribution is 14.0. The Morgan fingerprint density at radius 2 is 2.08 bits per heavy atom. The number of rotatable bonds is 6. The normalized spacial score (nSPS) is 23.9. The van der Waals surface area contributed by atoms with Crippen LogP contribution in [0.3, 0.4) is 0 Å². The molecule has 2 heterocycles. The van der Waals surface area contributed by atoms with Crippen LogP contribution in [-0.2, 0) is 9.47 Å². The van der Waals surface area contributed by atoms with Gasteiger partial charge in [0.05, 0.1) is 6.10 Å². The summed E-state index contributed by atoms with van der Waals surface area (Å²) < 4.78 is 11.3. The molecule has 0 aromatic carbocycles. The number of nitrogens with one attached hydrogen (secondary N) is 1. The quantitative estimate of drug-likeness (QED) is 0.292. The van der Waals surface area contributed by atoms with Crippen molar-refractivity contribution in [3.8, 4) is 0 Å². The number of hydrogen-bond donors (Lipinski definition) is 1. The van der Waals surface area contributed by atoms with Crippen LogP contribution in [0, 0.1) is 5.41 Å². The van der Waals surface area contributed by atoms with Crippen molar-refractivity contribution in [1.29, 1.82) is 0 Å². The zero-order chi connectivity index (χ0) is 16.0. The predicted octanol–water partition coefficient (Wildman–Crippen LogP) is 3.03. The van der Waals surface area contributed by atoms with Crippen molar-refractivity contribution in [3.63, 3.8) is 0 Å². The molecule has 0 aromatic heterocycles. The lowest BCUT2D eigenvalue weighted by atomic mass is 9.68. The highest BCUT2D eigenvalue weighted by Crippen LogP contribution is 2.47. The molecule has 2 saturated heterocycles. The Morgan fingerprint density at radius 3 is 2.71 bits per heavy atom. The number of aliphatic imine (C=N–C) groups is 1. The van der Waals surface area contributed by atoms with Crippen LogP contribution in [0.1, 0.15) is 51.9 Å². The van der Waals surface area contributed by atoms with Gasteiger partial charge >= 0.3 is 0 Å². The van der Waals surface area contributed by atoms with Crippen molar-refractivity contribution in [2.24, 2.45) is 10.4 Å². The molecule has 1 aliphatic carbocycles. The topological polar surface area (TPSA) is 46.1 Å². The zero-order valence-electron chi connectivity index (χ0n) is 15.1.